The number of hydrogen-bond acceptors (Lipinski definition) is 3. The van der Waals surface area contributed by atoms with E-state index >= 15 is 0 Å². The SMILES string of the molecule is CC(CC(C)(C)C)NC(=O)c1ccc2c(c1)C(=O)N1C2=Nc2cccc3cccc1c23. The van der Waals surface area contributed by atoms with Crippen LogP contribution in [-0.2, 0) is 0 Å². The first-order chi connectivity index (χ1) is 14.7. The van der Waals surface area contributed by atoms with Gasteiger partial charge in [0.05, 0.1) is 16.9 Å². The third-order valence-electron chi connectivity index (χ3n) is 5.79. The summed E-state index contributed by atoms with van der Waals surface area (Å²) in [5, 5.41) is 5.08. The zero-order chi connectivity index (χ0) is 21.9. The lowest BCUT2D eigenvalue weighted by atomic mass is 9.88. The van der Waals surface area contributed by atoms with Crippen LogP contribution in [0.3, 0.4) is 0 Å². The van der Waals surface area contributed by atoms with E-state index in [0.717, 1.165) is 34.1 Å². The van der Waals surface area contributed by atoms with Gasteiger partial charge in [-0.1, -0.05) is 45.0 Å². The van der Waals surface area contributed by atoms with Crippen LogP contribution in [0.1, 0.15) is 60.4 Å². The summed E-state index contributed by atoms with van der Waals surface area (Å²) >= 11 is 0. The quantitative estimate of drug-likeness (QED) is 0.623. The van der Waals surface area contributed by atoms with Gasteiger partial charge >= 0.3 is 0 Å². The van der Waals surface area contributed by atoms with Crippen molar-refractivity contribution in [3.8, 4) is 0 Å². The van der Waals surface area contributed by atoms with Gasteiger partial charge < -0.3 is 5.32 Å². The van der Waals surface area contributed by atoms with Gasteiger partial charge in [-0.2, -0.15) is 0 Å². The molecule has 5 rings (SSSR count). The van der Waals surface area contributed by atoms with Gasteiger partial charge in [-0.15, -0.1) is 0 Å². The summed E-state index contributed by atoms with van der Waals surface area (Å²) in [5.74, 6) is 0.317. The predicted molar refractivity (Wildman–Crippen MR) is 124 cm³/mol. The third-order valence-corrected chi connectivity index (χ3v) is 5.79. The Labute approximate surface area is 181 Å². The molecule has 0 saturated carbocycles. The molecule has 5 heteroatoms. The van der Waals surface area contributed by atoms with E-state index in [1.54, 1.807) is 17.0 Å². The molecule has 3 aromatic rings. The van der Waals surface area contributed by atoms with Crippen molar-refractivity contribution in [3.63, 3.8) is 0 Å². The topological polar surface area (TPSA) is 61.8 Å². The molecule has 1 unspecified atom stereocenters. The number of amidine groups is 1. The molecule has 3 aromatic carbocycles. The number of fused-ring (bicyclic) bond motifs is 4. The second-order valence-corrected chi connectivity index (χ2v) is 9.63. The molecule has 1 N–H and O–H groups in total. The Morgan fingerprint density at radius 3 is 2.55 bits per heavy atom. The van der Waals surface area contributed by atoms with Gasteiger partial charge in [-0.25, -0.2) is 4.99 Å². The molecule has 2 heterocycles. The van der Waals surface area contributed by atoms with Crippen molar-refractivity contribution < 1.29 is 9.59 Å². The predicted octanol–water partition coefficient (Wildman–Crippen LogP) is 5.45. The molecule has 0 aliphatic carbocycles. The maximum absolute atomic E-state index is 13.4. The largest absolute Gasteiger partial charge is 0.350 e. The Balaban J connectivity index is 1.51. The summed E-state index contributed by atoms with van der Waals surface area (Å²) < 4.78 is 0. The molecule has 0 saturated heterocycles. The monoisotopic (exact) mass is 411 g/mol. The molecule has 0 spiro atoms. The number of amides is 2. The van der Waals surface area contributed by atoms with Gasteiger partial charge in [0.1, 0.15) is 5.84 Å². The normalized spacial score (nSPS) is 15.4. The van der Waals surface area contributed by atoms with Gasteiger partial charge in [0.25, 0.3) is 11.8 Å². The molecule has 2 aliphatic rings. The fraction of sp³-hybridized carbons (Fsp3) is 0.269. The van der Waals surface area contributed by atoms with Crippen molar-refractivity contribution >= 4 is 39.8 Å². The fourth-order valence-electron chi connectivity index (χ4n) is 4.70. The molecule has 0 bridgehead atoms. The smallest absolute Gasteiger partial charge is 0.264 e. The van der Waals surface area contributed by atoms with Crippen LogP contribution in [0.4, 0.5) is 11.4 Å². The van der Waals surface area contributed by atoms with Gasteiger partial charge in [0.2, 0.25) is 0 Å². The minimum absolute atomic E-state index is 0.0410. The Kier molecular flexibility index (Phi) is 4.26. The van der Waals surface area contributed by atoms with Gasteiger partial charge in [-0.3, -0.25) is 14.5 Å². The molecule has 156 valence electrons. The summed E-state index contributed by atoms with van der Waals surface area (Å²) in [5.41, 5.74) is 3.58. The maximum Gasteiger partial charge on any atom is 0.264 e. The highest BCUT2D eigenvalue weighted by Gasteiger charge is 2.38. The lowest BCUT2D eigenvalue weighted by Crippen LogP contribution is -2.35. The van der Waals surface area contributed by atoms with Crippen LogP contribution in [0, 0.1) is 5.41 Å². The number of hydrogen-bond donors (Lipinski definition) is 1. The first-order valence-corrected chi connectivity index (χ1v) is 10.6. The van der Waals surface area contributed by atoms with Crippen LogP contribution in [0.15, 0.2) is 59.6 Å². The van der Waals surface area contributed by atoms with Crippen molar-refractivity contribution in [2.45, 2.75) is 40.2 Å². The number of carbonyl (C=O) groups excluding carboxylic acids is 2. The van der Waals surface area contributed by atoms with Crippen LogP contribution < -0.4 is 10.2 Å². The number of nitrogens with one attached hydrogen (secondary N) is 1. The van der Waals surface area contributed by atoms with Crippen LogP contribution in [0.5, 0.6) is 0 Å². The highest BCUT2D eigenvalue weighted by Crippen LogP contribution is 2.43. The molecule has 5 nitrogen and oxygen atoms in total. The number of rotatable bonds is 3. The van der Waals surface area contributed by atoms with Crippen molar-refractivity contribution in [1.82, 2.24) is 5.32 Å². The molecule has 0 radical (unpaired) electrons. The molecule has 0 aromatic heterocycles. The summed E-state index contributed by atoms with van der Waals surface area (Å²) in [4.78, 5) is 32.7. The lowest BCUT2D eigenvalue weighted by Gasteiger charge is -2.24. The zero-order valence-corrected chi connectivity index (χ0v) is 18.2. The number of nitrogens with zero attached hydrogens (tertiary/aromatic N) is 2. The minimum Gasteiger partial charge on any atom is -0.350 e. The van der Waals surface area contributed by atoms with E-state index in [0.29, 0.717) is 17.0 Å². The first kappa shape index (κ1) is 19.5. The van der Waals surface area contributed by atoms with E-state index in [9.17, 15) is 9.59 Å². The maximum atomic E-state index is 13.4. The van der Waals surface area contributed by atoms with Gasteiger partial charge in [0, 0.05) is 22.6 Å². The van der Waals surface area contributed by atoms with Crippen LogP contribution >= 0.6 is 0 Å². The number of benzene rings is 3. The number of aliphatic imine (C=N–C) groups is 1. The Morgan fingerprint density at radius 2 is 1.81 bits per heavy atom. The van der Waals surface area contributed by atoms with E-state index in [4.69, 9.17) is 4.99 Å². The van der Waals surface area contributed by atoms with Gasteiger partial charge in [-0.05, 0) is 54.5 Å². The van der Waals surface area contributed by atoms with Crippen LogP contribution in [0.2, 0.25) is 0 Å². The summed E-state index contributed by atoms with van der Waals surface area (Å²) in [6.45, 7) is 8.46. The zero-order valence-electron chi connectivity index (χ0n) is 18.2. The average Bonchev–Trinajstić information content (AvgIpc) is 2.99. The Hall–Kier alpha value is -3.47. The Morgan fingerprint density at radius 1 is 1.06 bits per heavy atom. The average molecular weight is 412 g/mol. The van der Waals surface area contributed by atoms with Crippen molar-refractivity contribution in [1.29, 1.82) is 0 Å². The van der Waals surface area contributed by atoms with Crippen molar-refractivity contribution in [2.75, 3.05) is 4.90 Å². The summed E-state index contributed by atoms with van der Waals surface area (Å²) in [6, 6.07) is 17.3. The fourth-order valence-corrected chi connectivity index (χ4v) is 4.70. The molecule has 2 aliphatic heterocycles. The van der Waals surface area contributed by atoms with Crippen LogP contribution in [-0.4, -0.2) is 23.7 Å². The third kappa shape index (κ3) is 3.21. The highest BCUT2D eigenvalue weighted by atomic mass is 16.2. The van der Waals surface area contributed by atoms with E-state index in [1.807, 2.05) is 49.4 Å². The molecule has 31 heavy (non-hydrogen) atoms. The highest BCUT2D eigenvalue weighted by molar-refractivity contribution is 6.40. The van der Waals surface area contributed by atoms with E-state index in [1.165, 1.54) is 0 Å². The lowest BCUT2D eigenvalue weighted by molar-refractivity contribution is 0.0931. The van der Waals surface area contributed by atoms with E-state index < -0.39 is 0 Å². The van der Waals surface area contributed by atoms with Gasteiger partial charge in [0.15, 0.2) is 0 Å². The molecule has 2 amide bonds. The summed E-state index contributed by atoms with van der Waals surface area (Å²) in [7, 11) is 0. The van der Waals surface area contributed by atoms with Crippen LogP contribution in [0.25, 0.3) is 10.8 Å². The molecule has 0 fully saturated rings. The molecule has 1 atom stereocenters. The second kappa shape index (κ2) is 6.77. The number of anilines is 1. The molecular formula is C26H25N3O2. The summed E-state index contributed by atoms with van der Waals surface area (Å²) in [6.07, 6.45) is 0.870. The molecular weight excluding hydrogens is 386 g/mol. The Bertz CT molecular complexity index is 1280. The minimum atomic E-state index is -0.162. The van der Waals surface area contributed by atoms with E-state index in [2.05, 4.69) is 26.1 Å². The standard InChI is InChI=1S/C26H25N3O2/c1-15(14-26(2,3)4)27-24(30)17-11-12-18-19(13-17)25(31)29-21-10-6-8-16-7-5-9-20(22(16)21)28-23(18)29/h5-13,15H,14H2,1-4H3,(H,27,30). The second-order valence-electron chi connectivity index (χ2n) is 9.63. The number of carbonyl (C=O) groups is 2. The first-order valence-electron chi connectivity index (χ1n) is 10.6. The van der Waals surface area contributed by atoms with E-state index in [-0.39, 0.29) is 23.3 Å². The van der Waals surface area contributed by atoms with Crippen molar-refractivity contribution in [2.24, 2.45) is 10.4 Å². The van der Waals surface area contributed by atoms with Crippen molar-refractivity contribution in [3.05, 3.63) is 71.3 Å².